The molecule has 0 fully saturated rings. The maximum atomic E-state index is 2.36. The molecule has 0 aromatic heterocycles. The SMILES string of the molecule is c1ccc(-c2ccc(N(c3ccc(-c4ccc5cccc(-c6ccccc6)c5c4)cc3)c3ccc(-c4c(-c5ccccc5)ccc5ccccc45)cc3)cc2)cc1. The Balaban J connectivity index is 1.05. The van der Waals surface area contributed by atoms with E-state index in [1.165, 1.54) is 77.2 Å². The summed E-state index contributed by atoms with van der Waals surface area (Å²) in [6.45, 7) is 0. The molecule has 0 spiro atoms. The van der Waals surface area contributed by atoms with Crippen molar-refractivity contribution < 1.29 is 0 Å². The molecule has 0 radical (unpaired) electrons. The van der Waals surface area contributed by atoms with Crippen LogP contribution >= 0.6 is 0 Å². The maximum Gasteiger partial charge on any atom is 0.0462 e. The predicted octanol–water partition coefficient (Wildman–Crippen LogP) is 15.8. The molecule has 0 atom stereocenters. The van der Waals surface area contributed by atoms with Gasteiger partial charge in [0.05, 0.1) is 0 Å². The van der Waals surface area contributed by atoms with Crippen molar-refractivity contribution in [1.29, 1.82) is 0 Å². The van der Waals surface area contributed by atoms with Crippen molar-refractivity contribution in [3.8, 4) is 55.6 Å². The Kier molecular flexibility index (Phi) is 8.95. The highest BCUT2D eigenvalue weighted by Crippen LogP contribution is 2.42. The van der Waals surface area contributed by atoms with Crippen LogP contribution in [0.25, 0.3) is 77.2 Å². The average molecular weight is 726 g/mol. The molecule has 57 heavy (non-hydrogen) atoms. The Morgan fingerprint density at radius 3 is 1.26 bits per heavy atom. The Hall–Kier alpha value is -7.48. The van der Waals surface area contributed by atoms with E-state index in [9.17, 15) is 0 Å². The molecule has 0 aliphatic rings. The summed E-state index contributed by atoms with van der Waals surface area (Å²) < 4.78 is 0. The second kappa shape index (κ2) is 15.0. The lowest BCUT2D eigenvalue weighted by Gasteiger charge is -2.26. The Morgan fingerprint density at radius 2 is 0.649 bits per heavy atom. The zero-order chi connectivity index (χ0) is 38.0. The molecule has 0 saturated heterocycles. The van der Waals surface area contributed by atoms with Crippen LogP contribution in [0.1, 0.15) is 0 Å². The van der Waals surface area contributed by atoms with Gasteiger partial charge in [-0.05, 0) is 120 Å². The largest absolute Gasteiger partial charge is 0.311 e. The molecule has 10 rings (SSSR count). The molecule has 1 heteroatoms. The van der Waals surface area contributed by atoms with E-state index < -0.39 is 0 Å². The molecular weight excluding hydrogens is 687 g/mol. The number of hydrogen-bond donors (Lipinski definition) is 0. The molecule has 0 aliphatic carbocycles. The number of rotatable bonds is 8. The number of benzene rings is 10. The lowest BCUT2D eigenvalue weighted by Crippen LogP contribution is -2.09. The summed E-state index contributed by atoms with van der Waals surface area (Å²) in [6, 6.07) is 85.6. The summed E-state index contributed by atoms with van der Waals surface area (Å²) in [5, 5.41) is 4.98. The third-order valence-electron chi connectivity index (χ3n) is 11.1. The monoisotopic (exact) mass is 725 g/mol. The van der Waals surface area contributed by atoms with Gasteiger partial charge in [0.25, 0.3) is 0 Å². The van der Waals surface area contributed by atoms with Crippen LogP contribution in [0.15, 0.2) is 237 Å². The lowest BCUT2D eigenvalue weighted by molar-refractivity contribution is 1.28. The van der Waals surface area contributed by atoms with Crippen LogP contribution in [0.3, 0.4) is 0 Å². The first-order valence-corrected chi connectivity index (χ1v) is 19.6. The van der Waals surface area contributed by atoms with Gasteiger partial charge in [-0.1, -0.05) is 194 Å². The topological polar surface area (TPSA) is 3.24 Å². The van der Waals surface area contributed by atoms with E-state index in [1.54, 1.807) is 0 Å². The fourth-order valence-corrected chi connectivity index (χ4v) is 8.22. The maximum absolute atomic E-state index is 2.36. The molecular formula is C56H39N. The van der Waals surface area contributed by atoms with Crippen LogP contribution in [0.2, 0.25) is 0 Å². The Morgan fingerprint density at radius 1 is 0.228 bits per heavy atom. The summed E-state index contributed by atoms with van der Waals surface area (Å²) in [7, 11) is 0. The first-order chi connectivity index (χ1) is 28.3. The average Bonchev–Trinajstić information content (AvgIpc) is 3.30. The minimum atomic E-state index is 1.10. The highest BCUT2D eigenvalue weighted by atomic mass is 15.1. The molecule has 10 aromatic rings. The molecule has 1 nitrogen and oxygen atoms in total. The zero-order valence-corrected chi connectivity index (χ0v) is 31.5. The number of anilines is 3. The second-order valence-corrected chi connectivity index (χ2v) is 14.5. The van der Waals surface area contributed by atoms with E-state index in [4.69, 9.17) is 0 Å². The normalized spacial score (nSPS) is 11.2. The van der Waals surface area contributed by atoms with Crippen molar-refractivity contribution >= 4 is 38.6 Å². The predicted molar refractivity (Wildman–Crippen MR) is 243 cm³/mol. The quantitative estimate of drug-likeness (QED) is 0.151. The van der Waals surface area contributed by atoms with Gasteiger partial charge in [-0.15, -0.1) is 0 Å². The standard InChI is InChI=1S/C56H39N/c1-4-13-40(14-5-1)41-25-32-49(33-26-41)57(50-34-27-42(28-35-50)48-24-23-46-20-12-22-52(55(46)39-48)43-15-6-2-7-16-43)51-36-29-47(30-37-51)56-53-21-11-10-19-45(53)31-38-54(56)44-17-8-3-9-18-44/h1-39H. The van der Waals surface area contributed by atoms with Gasteiger partial charge in [-0.3, -0.25) is 0 Å². The summed E-state index contributed by atoms with van der Waals surface area (Å²) >= 11 is 0. The molecule has 0 aliphatic heterocycles. The lowest BCUT2D eigenvalue weighted by atomic mass is 9.89. The van der Waals surface area contributed by atoms with E-state index >= 15 is 0 Å². The molecule has 0 bridgehead atoms. The third-order valence-corrected chi connectivity index (χ3v) is 11.1. The van der Waals surface area contributed by atoms with Crippen LogP contribution < -0.4 is 4.90 Å². The van der Waals surface area contributed by atoms with Crippen molar-refractivity contribution in [2.45, 2.75) is 0 Å². The van der Waals surface area contributed by atoms with E-state index in [1.807, 2.05) is 0 Å². The molecule has 0 unspecified atom stereocenters. The summed E-state index contributed by atoms with van der Waals surface area (Å²) in [6.07, 6.45) is 0. The highest BCUT2D eigenvalue weighted by molar-refractivity contribution is 6.04. The van der Waals surface area contributed by atoms with E-state index in [0.29, 0.717) is 0 Å². The molecule has 0 amide bonds. The summed E-state index contributed by atoms with van der Waals surface area (Å²) in [4.78, 5) is 2.36. The smallest absolute Gasteiger partial charge is 0.0462 e. The van der Waals surface area contributed by atoms with Gasteiger partial charge in [0, 0.05) is 17.1 Å². The Labute approximate surface area is 334 Å². The van der Waals surface area contributed by atoms with Gasteiger partial charge >= 0.3 is 0 Å². The van der Waals surface area contributed by atoms with Crippen LogP contribution in [-0.4, -0.2) is 0 Å². The van der Waals surface area contributed by atoms with Gasteiger partial charge in [-0.25, -0.2) is 0 Å². The minimum Gasteiger partial charge on any atom is -0.311 e. The Bertz CT molecular complexity index is 2950. The van der Waals surface area contributed by atoms with Crippen molar-refractivity contribution in [3.05, 3.63) is 237 Å². The van der Waals surface area contributed by atoms with Gasteiger partial charge in [-0.2, -0.15) is 0 Å². The first-order valence-electron chi connectivity index (χ1n) is 19.6. The van der Waals surface area contributed by atoms with Crippen LogP contribution in [0.5, 0.6) is 0 Å². The fourth-order valence-electron chi connectivity index (χ4n) is 8.22. The second-order valence-electron chi connectivity index (χ2n) is 14.5. The van der Waals surface area contributed by atoms with Crippen LogP contribution in [0, 0.1) is 0 Å². The third kappa shape index (κ3) is 6.66. The molecule has 268 valence electrons. The van der Waals surface area contributed by atoms with Gasteiger partial charge in [0.15, 0.2) is 0 Å². The number of fused-ring (bicyclic) bond motifs is 2. The highest BCUT2D eigenvalue weighted by Gasteiger charge is 2.17. The fraction of sp³-hybridized carbons (Fsp3) is 0. The summed E-state index contributed by atoms with van der Waals surface area (Å²) in [5.74, 6) is 0. The number of nitrogens with zero attached hydrogens (tertiary/aromatic N) is 1. The molecule has 0 heterocycles. The molecule has 0 N–H and O–H groups in total. The molecule has 0 saturated carbocycles. The van der Waals surface area contributed by atoms with Crippen LogP contribution in [-0.2, 0) is 0 Å². The van der Waals surface area contributed by atoms with Crippen molar-refractivity contribution in [2.75, 3.05) is 4.90 Å². The van der Waals surface area contributed by atoms with E-state index in [0.717, 1.165) is 17.1 Å². The zero-order valence-electron chi connectivity index (χ0n) is 31.5. The van der Waals surface area contributed by atoms with Crippen LogP contribution in [0.4, 0.5) is 17.1 Å². The first kappa shape index (κ1) is 34.0. The van der Waals surface area contributed by atoms with Crippen molar-refractivity contribution in [1.82, 2.24) is 0 Å². The summed E-state index contributed by atoms with van der Waals surface area (Å²) in [5.41, 5.74) is 15.4. The van der Waals surface area contributed by atoms with Crippen molar-refractivity contribution in [3.63, 3.8) is 0 Å². The van der Waals surface area contributed by atoms with Gasteiger partial charge < -0.3 is 4.90 Å². The van der Waals surface area contributed by atoms with Gasteiger partial charge in [0.1, 0.15) is 0 Å². The van der Waals surface area contributed by atoms with Gasteiger partial charge in [0.2, 0.25) is 0 Å². The molecule has 10 aromatic carbocycles. The minimum absolute atomic E-state index is 1.10. The van der Waals surface area contributed by atoms with E-state index in [2.05, 4.69) is 241 Å². The van der Waals surface area contributed by atoms with E-state index in [-0.39, 0.29) is 0 Å². The number of hydrogen-bond acceptors (Lipinski definition) is 1. The van der Waals surface area contributed by atoms with Crippen molar-refractivity contribution in [2.24, 2.45) is 0 Å².